The number of halogens is 3. The fourth-order valence-electron chi connectivity index (χ4n) is 1.30. The highest BCUT2D eigenvalue weighted by Crippen LogP contribution is 2.27. The number of esters is 1. The summed E-state index contributed by atoms with van der Waals surface area (Å²) in [4.78, 5) is 14.9. The van der Waals surface area contributed by atoms with Crippen LogP contribution in [0, 0.1) is 11.3 Å². The first kappa shape index (κ1) is 14.3. The summed E-state index contributed by atoms with van der Waals surface area (Å²) in [5.41, 5.74) is -0.850. The molecule has 0 aliphatic rings. The lowest BCUT2D eigenvalue weighted by molar-refractivity contribution is -0.142. The molecule has 18 heavy (non-hydrogen) atoms. The second-order valence-electron chi connectivity index (χ2n) is 3.25. The summed E-state index contributed by atoms with van der Waals surface area (Å²) in [6.45, 7) is 1.74. The van der Waals surface area contributed by atoms with Gasteiger partial charge in [-0.15, -0.1) is 0 Å². The van der Waals surface area contributed by atoms with Crippen molar-refractivity contribution < 1.29 is 18.3 Å². The zero-order chi connectivity index (χ0) is 13.7. The van der Waals surface area contributed by atoms with Crippen LogP contribution in [0.5, 0.6) is 0 Å². The van der Waals surface area contributed by atoms with E-state index in [1.54, 1.807) is 13.0 Å². The molecule has 0 radical (unpaired) electrons. The Bertz CT molecular complexity index is 501. The van der Waals surface area contributed by atoms with Gasteiger partial charge in [-0.25, -0.2) is 13.8 Å². The van der Waals surface area contributed by atoms with Gasteiger partial charge >= 0.3 is 5.97 Å². The first-order valence-electron chi connectivity index (χ1n) is 5.02. The molecule has 1 heterocycles. The van der Waals surface area contributed by atoms with E-state index in [1.165, 1.54) is 0 Å². The number of alkyl halides is 2. The topological polar surface area (TPSA) is 63.0 Å². The van der Waals surface area contributed by atoms with Crippen molar-refractivity contribution in [3.05, 3.63) is 28.0 Å². The van der Waals surface area contributed by atoms with Crippen LogP contribution >= 0.6 is 11.6 Å². The Morgan fingerprint density at radius 3 is 2.83 bits per heavy atom. The standard InChI is InChI=1S/C11H9ClF2N2O2/c1-2-18-10(17)4-8-6(11(13)14)3-7(12)9(5-15)16-8/h3,11H,2,4H2,1H3. The molecule has 1 aromatic rings. The monoisotopic (exact) mass is 274 g/mol. The van der Waals surface area contributed by atoms with Crippen LogP contribution in [-0.2, 0) is 16.0 Å². The predicted molar refractivity (Wildman–Crippen MR) is 59.3 cm³/mol. The molecule has 0 aliphatic carbocycles. The maximum atomic E-state index is 12.7. The SMILES string of the molecule is CCOC(=O)Cc1nc(C#N)c(Cl)cc1C(F)F. The molecule has 0 spiro atoms. The average Bonchev–Trinajstić information content (AvgIpc) is 2.30. The van der Waals surface area contributed by atoms with Crippen LogP contribution in [0.1, 0.15) is 30.3 Å². The lowest BCUT2D eigenvalue weighted by Gasteiger charge is -2.09. The van der Waals surface area contributed by atoms with Crippen LogP contribution < -0.4 is 0 Å². The number of carbonyl (C=O) groups is 1. The third-order valence-electron chi connectivity index (χ3n) is 2.05. The van der Waals surface area contributed by atoms with Crippen molar-refractivity contribution in [3.8, 4) is 6.07 Å². The highest BCUT2D eigenvalue weighted by atomic mass is 35.5. The minimum atomic E-state index is -2.83. The zero-order valence-corrected chi connectivity index (χ0v) is 10.2. The number of nitriles is 1. The summed E-state index contributed by atoms with van der Waals surface area (Å²) < 4.78 is 30.1. The minimum absolute atomic E-state index is 0.140. The summed E-state index contributed by atoms with van der Waals surface area (Å²) in [6, 6.07) is 2.62. The van der Waals surface area contributed by atoms with E-state index in [1.807, 2.05) is 0 Å². The molecule has 96 valence electrons. The van der Waals surface area contributed by atoms with Crippen LogP contribution in [0.2, 0.25) is 5.02 Å². The zero-order valence-electron chi connectivity index (χ0n) is 9.41. The van der Waals surface area contributed by atoms with E-state index in [0.717, 1.165) is 6.07 Å². The van der Waals surface area contributed by atoms with Crippen LogP contribution in [-0.4, -0.2) is 17.6 Å². The molecule has 0 saturated heterocycles. The molecule has 0 unspecified atom stereocenters. The number of rotatable bonds is 4. The van der Waals surface area contributed by atoms with E-state index in [9.17, 15) is 13.6 Å². The third kappa shape index (κ3) is 3.37. The van der Waals surface area contributed by atoms with Crippen molar-refractivity contribution in [3.63, 3.8) is 0 Å². The van der Waals surface area contributed by atoms with Gasteiger partial charge in [0, 0.05) is 5.56 Å². The van der Waals surface area contributed by atoms with Crippen molar-refractivity contribution in [2.45, 2.75) is 19.8 Å². The van der Waals surface area contributed by atoms with Gasteiger partial charge in [0.1, 0.15) is 6.07 Å². The van der Waals surface area contributed by atoms with Gasteiger partial charge in [-0.05, 0) is 13.0 Å². The number of carbonyl (C=O) groups excluding carboxylic acids is 1. The van der Waals surface area contributed by atoms with Gasteiger partial charge in [0.05, 0.1) is 23.7 Å². The number of hydrogen-bond acceptors (Lipinski definition) is 4. The van der Waals surface area contributed by atoms with E-state index in [0.29, 0.717) is 0 Å². The number of pyridine rings is 1. The lowest BCUT2D eigenvalue weighted by Crippen LogP contribution is -2.12. The summed E-state index contributed by atoms with van der Waals surface area (Å²) in [5, 5.41) is 8.54. The van der Waals surface area contributed by atoms with E-state index in [-0.39, 0.29) is 23.0 Å². The maximum absolute atomic E-state index is 12.7. The highest BCUT2D eigenvalue weighted by molar-refractivity contribution is 6.31. The van der Waals surface area contributed by atoms with Crippen molar-refractivity contribution in [2.24, 2.45) is 0 Å². The predicted octanol–water partition coefficient (Wildman–Crippen LogP) is 2.65. The molecule has 1 rings (SSSR count). The maximum Gasteiger partial charge on any atom is 0.311 e. The van der Waals surface area contributed by atoms with E-state index < -0.39 is 24.4 Å². The van der Waals surface area contributed by atoms with Crippen LogP contribution in [0.3, 0.4) is 0 Å². The first-order chi connectivity index (χ1) is 8.49. The second kappa shape index (κ2) is 6.26. The third-order valence-corrected chi connectivity index (χ3v) is 2.33. The number of ether oxygens (including phenoxy) is 1. The normalized spacial score (nSPS) is 10.2. The van der Waals surface area contributed by atoms with Gasteiger partial charge in [-0.2, -0.15) is 5.26 Å². The molecular formula is C11H9ClF2N2O2. The highest BCUT2D eigenvalue weighted by Gasteiger charge is 2.20. The van der Waals surface area contributed by atoms with Gasteiger partial charge in [0.15, 0.2) is 5.69 Å². The van der Waals surface area contributed by atoms with E-state index in [4.69, 9.17) is 16.9 Å². The molecule has 0 amide bonds. The Kier molecular flexibility index (Phi) is 4.98. The second-order valence-corrected chi connectivity index (χ2v) is 3.66. The van der Waals surface area contributed by atoms with Crippen molar-refractivity contribution in [1.29, 1.82) is 5.26 Å². The summed E-state index contributed by atoms with van der Waals surface area (Å²) >= 11 is 5.61. The molecule has 4 nitrogen and oxygen atoms in total. The Morgan fingerprint density at radius 2 is 2.33 bits per heavy atom. The summed E-state index contributed by atoms with van der Waals surface area (Å²) in [7, 11) is 0. The molecule has 1 aromatic heterocycles. The van der Waals surface area contributed by atoms with Gasteiger partial charge in [0.25, 0.3) is 6.43 Å². The Labute approximate surface area is 107 Å². The average molecular weight is 275 g/mol. The molecule has 0 saturated carbocycles. The number of hydrogen-bond donors (Lipinski definition) is 0. The van der Waals surface area contributed by atoms with E-state index >= 15 is 0 Å². The smallest absolute Gasteiger partial charge is 0.311 e. The van der Waals surface area contributed by atoms with Crippen molar-refractivity contribution in [2.75, 3.05) is 6.61 Å². The molecule has 7 heteroatoms. The van der Waals surface area contributed by atoms with Crippen LogP contribution in [0.25, 0.3) is 0 Å². The van der Waals surface area contributed by atoms with Gasteiger partial charge in [0.2, 0.25) is 0 Å². The summed E-state index contributed by atoms with van der Waals surface area (Å²) in [6.07, 6.45) is -3.24. The van der Waals surface area contributed by atoms with Gasteiger partial charge in [-0.3, -0.25) is 4.79 Å². The fourth-order valence-corrected chi connectivity index (χ4v) is 1.50. The van der Waals surface area contributed by atoms with Gasteiger partial charge < -0.3 is 4.74 Å². The Hall–Kier alpha value is -1.74. The first-order valence-corrected chi connectivity index (χ1v) is 5.40. The van der Waals surface area contributed by atoms with Crippen LogP contribution in [0.4, 0.5) is 8.78 Å². The minimum Gasteiger partial charge on any atom is -0.466 e. The molecular weight excluding hydrogens is 266 g/mol. The molecule has 0 aliphatic heterocycles. The lowest BCUT2D eigenvalue weighted by atomic mass is 10.1. The van der Waals surface area contributed by atoms with Gasteiger partial charge in [-0.1, -0.05) is 11.6 Å². The number of nitrogens with zero attached hydrogens (tertiary/aromatic N) is 2. The molecule has 0 aromatic carbocycles. The van der Waals surface area contributed by atoms with Crippen molar-refractivity contribution in [1.82, 2.24) is 4.98 Å². The Balaban J connectivity index is 3.15. The van der Waals surface area contributed by atoms with Crippen LogP contribution in [0.15, 0.2) is 6.07 Å². The summed E-state index contributed by atoms with van der Waals surface area (Å²) in [5.74, 6) is -0.682. The van der Waals surface area contributed by atoms with Crippen molar-refractivity contribution >= 4 is 17.6 Å². The molecule has 0 bridgehead atoms. The quantitative estimate of drug-likeness (QED) is 0.792. The Morgan fingerprint density at radius 1 is 1.67 bits per heavy atom. The molecule has 0 fully saturated rings. The van der Waals surface area contributed by atoms with E-state index in [2.05, 4.69) is 9.72 Å². The number of aromatic nitrogens is 1. The largest absolute Gasteiger partial charge is 0.466 e. The molecule has 0 atom stereocenters. The molecule has 0 N–H and O–H groups in total. The fraction of sp³-hybridized carbons (Fsp3) is 0.364.